The molecular weight excluding hydrogens is 284 g/mol. The molecular formula is C21H26O2. The highest BCUT2D eigenvalue weighted by Crippen LogP contribution is 2.61. The van der Waals surface area contributed by atoms with Crippen molar-refractivity contribution in [2.75, 3.05) is 6.61 Å². The summed E-state index contributed by atoms with van der Waals surface area (Å²) in [5.74, 6) is 2.69. The molecule has 2 nitrogen and oxygen atoms in total. The fourth-order valence-corrected chi connectivity index (χ4v) is 5.74. The highest BCUT2D eigenvalue weighted by molar-refractivity contribution is 5.86. The first-order valence-electron chi connectivity index (χ1n) is 9.11. The Balaban J connectivity index is 1.27. The van der Waals surface area contributed by atoms with Gasteiger partial charge in [-0.2, -0.15) is 0 Å². The number of carbonyl (C=O) groups excluding carboxylic acids is 1. The summed E-state index contributed by atoms with van der Waals surface area (Å²) in [6.45, 7) is 0.587. The van der Waals surface area contributed by atoms with Crippen molar-refractivity contribution in [3.05, 3.63) is 42.0 Å². The van der Waals surface area contributed by atoms with Gasteiger partial charge in [0.25, 0.3) is 0 Å². The number of hydrogen-bond donors (Lipinski definition) is 0. The summed E-state index contributed by atoms with van der Waals surface area (Å²) in [6, 6.07) is 9.88. The lowest BCUT2D eigenvalue weighted by Crippen LogP contribution is -2.46. The molecule has 4 aliphatic carbocycles. The molecule has 0 atom stereocenters. The zero-order valence-corrected chi connectivity index (χ0v) is 13.7. The van der Waals surface area contributed by atoms with Gasteiger partial charge in [0.1, 0.15) is 0 Å². The van der Waals surface area contributed by atoms with Gasteiger partial charge >= 0.3 is 5.97 Å². The van der Waals surface area contributed by atoms with E-state index in [9.17, 15) is 4.79 Å². The molecule has 4 saturated carbocycles. The Morgan fingerprint density at radius 1 is 1.04 bits per heavy atom. The number of esters is 1. The number of benzene rings is 1. The molecule has 122 valence electrons. The molecule has 4 aliphatic rings. The zero-order valence-electron chi connectivity index (χ0n) is 13.7. The summed E-state index contributed by atoms with van der Waals surface area (Å²) in [4.78, 5) is 11.9. The SMILES string of the molecule is O=C(/C=C\c1ccccc1)OCCC12CC3CC(CC(C3)C1)C2. The highest BCUT2D eigenvalue weighted by Gasteiger charge is 2.50. The molecule has 23 heavy (non-hydrogen) atoms. The molecule has 5 rings (SSSR count). The van der Waals surface area contributed by atoms with Crippen LogP contribution in [0.2, 0.25) is 0 Å². The van der Waals surface area contributed by atoms with Crippen LogP contribution in [-0.4, -0.2) is 12.6 Å². The maximum atomic E-state index is 11.9. The van der Waals surface area contributed by atoms with Gasteiger partial charge in [-0.1, -0.05) is 30.3 Å². The van der Waals surface area contributed by atoms with Crippen molar-refractivity contribution in [3.8, 4) is 0 Å². The fourth-order valence-electron chi connectivity index (χ4n) is 5.74. The summed E-state index contributed by atoms with van der Waals surface area (Å²) in [6.07, 6.45) is 13.0. The van der Waals surface area contributed by atoms with Crippen molar-refractivity contribution in [1.82, 2.24) is 0 Å². The molecule has 0 N–H and O–H groups in total. The van der Waals surface area contributed by atoms with Crippen molar-refractivity contribution in [2.24, 2.45) is 23.2 Å². The first kappa shape index (κ1) is 15.0. The Bertz CT molecular complexity index is 552. The topological polar surface area (TPSA) is 26.3 Å². The number of hydrogen-bond acceptors (Lipinski definition) is 2. The van der Waals surface area contributed by atoms with Gasteiger partial charge in [0.15, 0.2) is 0 Å². The standard InChI is InChI=1S/C21H26O2/c22-20(7-6-16-4-2-1-3-5-16)23-9-8-21-13-17-10-18(14-21)12-19(11-17)15-21/h1-7,17-19H,8-15H2/b7-6-. The predicted molar refractivity (Wildman–Crippen MR) is 91.7 cm³/mol. The van der Waals surface area contributed by atoms with Crippen LogP contribution in [0.4, 0.5) is 0 Å². The lowest BCUT2D eigenvalue weighted by molar-refractivity contribution is -0.140. The van der Waals surface area contributed by atoms with E-state index in [1.807, 2.05) is 36.4 Å². The predicted octanol–water partition coefficient (Wildman–Crippen LogP) is 4.85. The summed E-state index contributed by atoms with van der Waals surface area (Å²) >= 11 is 0. The average Bonchev–Trinajstić information content (AvgIpc) is 2.52. The van der Waals surface area contributed by atoms with Gasteiger partial charge in [0.05, 0.1) is 6.61 Å². The van der Waals surface area contributed by atoms with Crippen LogP contribution in [0, 0.1) is 23.2 Å². The van der Waals surface area contributed by atoms with E-state index in [4.69, 9.17) is 4.74 Å². The molecule has 0 aliphatic heterocycles. The van der Waals surface area contributed by atoms with E-state index in [2.05, 4.69) is 0 Å². The minimum Gasteiger partial charge on any atom is -0.463 e. The molecule has 0 aromatic heterocycles. The molecule has 4 bridgehead atoms. The third-order valence-electron chi connectivity index (χ3n) is 6.25. The first-order valence-corrected chi connectivity index (χ1v) is 9.11. The Hall–Kier alpha value is -1.57. The summed E-state index contributed by atoms with van der Waals surface area (Å²) in [7, 11) is 0. The van der Waals surface area contributed by atoms with Gasteiger partial charge in [-0.3, -0.25) is 0 Å². The minimum absolute atomic E-state index is 0.210. The molecule has 0 heterocycles. The van der Waals surface area contributed by atoms with Gasteiger partial charge in [-0.05, 0) is 79.8 Å². The highest BCUT2D eigenvalue weighted by atomic mass is 16.5. The Morgan fingerprint density at radius 3 is 2.26 bits per heavy atom. The van der Waals surface area contributed by atoms with E-state index >= 15 is 0 Å². The average molecular weight is 310 g/mol. The van der Waals surface area contributed by atoms with E-state index in [1.165, 1.54) is 38.5 Å². The quantitative estimate of drug-likeness (QED) is 0.574. The first-order chi connectivity index (χ1) is 11.2. The Labute approximate surface area is 138 Å². The smallest absolute Gasteiger partial charge is 0.330 e. The normalized spacial score (nSPS) is 34.9. The number of ether oxygens (including phenoxy) is 1. The third kappa shape index (κ3) is 3.36. The van der Waals surface area contributed by atoms with Gasteiger partial charge < -0.3 is 4.74 Å². The van der Waals surface area contributed by atoms with Crippen LogP contribution in [0.15, 0.2) is 36.4 Å². The van der Waals surface area contributed by atoms with Crippen molar-refractivity contribution in [3.63, 3.8) is 0 Å². The second-order valence-electron chi connectivity index (χ2n) is 8.08. The van der Waals surface area contributed by atoms with Gasteiger partial charge in [-0.15, -0.1) is 0 Å². The van der Waals surface area contributed by atoms with E-state index in [1.54, 1.807) is 6.08 Å². The molecule has 4 fully saturated rings. The maximum Gasteiger partial charge on any atom is 0.330 e. The Kier molecular flexibility index (Phi) is 4.00. The van der Waals surface area contributed by atoms with E-state index < -0.39 is 0 Å². The van der Waals surface area contributed by atoms with Crippen molar-refractivity contribution in [2.45, 2.75) is 44.9 Å². The van der Waals surface area contributed by atoms with Crippen LogP contribution < -0.4 is 0 Å². The van der Waals surface area contributed by atoms with Crippen LogP contribution in [0.1, 0.15) is 50.5 Å². The van der Waals surface area contributed by atoms with Crippen LogP contribution in [-0.2, 0) is 9.53 Å². The maximum absolute atomic E-state index is 11.9. The van der Waals surface area contributed by atoms with Crippen LogP contribution in [0.3, 0.4) is 0 Å². The molecule has 0 saturated heterocycles. The monoisotopic (exact) mass is 310 g/mol. The second kappa shape index (κ2) is 6.14. The van der Waals surface area contributed by atoms with Crippen molar-refractivity contribution in [1.29, 1.82) is 0 Å². The van der Waals surface area contributed by atoms with Crippen LogP contribution in [0.25, 0.3) is 6.08 Å². The zero-order chi connectivity index (χ0) is 15.7. The second-order valence-corrected chi connectivity index (χ2v) is 8.08. The minimum atomic E-state index is -0.210. The molecule has 0 radical (unpaired) electrons. The number of carbonyl (C=O) groups is 1. The lowest BCUT2D eigenvalue weighted by Gasteiger charge is -2.57. The Morgan fingerprint density at radius 2 is 1.65 bits per heavy atom. The fraction of sp³-hybridized carbons (Fsp3) is 0.571. The van der Waals surface area contributed by atoms with E-state index in [0.717, 1.165) is 29.7 Å². The summed E-state index contributed by atoms with van der Waals surface area (Å²) in [5.41, 5.74) is 1.53. The van der Waals surface area contributed by atoms with Crippen molar-refractivity contribution >= 4 is 12.0 Å². The molecule has 0 amide bonds. The van der Waals surface area contributed by atoms with Gasteiger partial charge in [0, 0.05) is 6.08 Å². The van der Waals surface area contributed by atoms with Gasteiger partial charge in [-0.25, -0.2) is 4.79 Å². The lowest BCUT2D eigenvalue weighted by atomic mass is 9.49. The third-order valence-corrected chi connectivity index (χ3v) is 6.25. The van der Waals surface area contributed by atoms with Crippen LogP contribution >= 0.6 is 0 Å². The van der Waals surface area contributed by atoms with Crippen LogP contribution in [0.5, 0.6) is 0 Å². The van der Waals surface area contributed by atoms with E-state index in [0.29, 0.717) is 12.0 Å². The molecule has 0 spiro atoms. The number of rotatable bonds is 5. The summed E-state index contributed by atoms with van der Waals surface area (Å²) < 4.78 is 5.48. The largest absolute Gasteiger partial charge is 0.463 e. The summed E-state index contributed by atoms with van der Waals surface area (Å²) in [5, 5.41) is 0. The van der Waals surface area contributed by atoms with Gasteiger partial charge in [0.2, 0.25) is 0 Å². The molecule has 1 aromatic rings. The molecule has 0 unspecified atom stereocenters. The van der Waals surface area contributed by atoms with Crippen molar-refractivity contribution < 1.29 is 9.53 Å². The molecule has 2 heteroatoms. The molecule has 1 aromatic carbocycles. The van der Waals surface area contributed by atoms with E-state index in [-0.39, 0.29) is 5.97 Å².